The Kier molecular flexibility index (Phi) is 3.42. The molecule has 0 radical (unpaired) electrons. The molecule has 9 heteroatoms. The highest BCUT2D eigenvalue weighted by Gasteiger charge is 2.33. The van der Waals surface area contributed by atoms with Crippen LogP contribution in [0.4, 0.5) is 19.0 Å². The zero-order valence-electron chi connectivity index (χ0n) is 8.28. The molecule has 0 amide bonds. The number of hydrogen-bond donors (Lipinski definition) is 3. The fraction of sp³-hybridized carbons (Fsp3) is 0.250. The van der Waals surface area contributed by atoms with Gasteiger partial charge in [0, 0.05) is 12.6 Å². The number of nitrogens with zero attached hydrogens (tertiary/aromatic N) is 1. The molecule has 5 N–H and O–H groups in total. The average molecular weight is 251 g/mol. The molecule has 0 saturated heterocycles. The number of ether oxygens (including phenoxy) is 1. The Morgan fingerprint density at radius 1 is 1.53 bits per heavy atom. The van der Waals surface area contributed by atoms with Gasteiger partial charge in [-0.05, 0) is 0 Å². The van der Waals surface area contributed by atoms with E-state index in [1.165, 1.54) is 0 Å². The first-order chi connectivity index (χ1) is 7.74. The lowest BCUT2D eigenvalue weighted by molar-refractivity contribution is -0.274. The number of rotatable bonds is 3. The van der Waals surface area contributed by atoms with Gasteiger partial charge in [-0.25, -0.2) is 9.78 Å². The van der Waals surface area contributed by atoms with Gasteiger partial charge in [0.15, 0.2) is 5.69 Å². The van der Waals surface area contributed by atoms with Gasteiger partial charge in [0.05, 0.1) is 5.56 Å². The van der Waals surface area contributed by atoms with Gasteiger partial charge in [-0.3, -0.25) is 0 Å². The van der Waals surface area contributed by atoms with Gasteiger partial charge >= 0.3 is 12.3 Å². The molecule has 0 aliphatic rings. The predicted molar refractivity (Wildman–Crippen MR) is 50.2 cm³/mol. The fourth-order valence-electron chi connectivity index (χ4n) is 1.10. The van der Waals surface area contributed by atoms with E-state index < -0.39 is 29.6 Å². The van der Waals surface area contributed by atoms with Crippen molar-refractivity contribution in [3.8, 4) is 5.75 Å². The summed E-state index contributed by atoms with van der Waals surface area (Å²) in [5, 5.41) is 8.61. The summed E-state index contributed by atoms with van der Waals surface area (Å²) in [7, 11) is 0. The summed E-state index contributed by atoms with van der Waals surface area (Å²) in [4.78, 5) is 14.0. The van der Waals surface area contributed by atoms with Gasteiger partial charge in [-0.1, -0.05) is 0 Å². The Balaban J connectivity index is 3.29. The molecule has 0 aliphatic heterocycles. The van der Waals surface area contributed by atoms with Crippen LogP contribution in [0.3, 0.4) is 0 Å². The van der Waals surface area contributed by atoms with Crippen LogP contribution in [0.1, 0.15) is 16.1 Å². The van der Waals surface area contributed by atoms with Gasteiger partial charge in [-0.15, -0.1) is 13.2 Å². The summed E-state index contributed by atoms with van der Waals surface area (Å²) in [5.74, 6) is -2.69. The number of alkyl halides is 3. The maximum absolute atomic E-state index is 12.1. The highest BCUT2D eigenvalue weighted by Crippen LogP contribution is 2.29. The SMILES string of the molecule is NCc1c(OC(F)(F)F)cc(C(=O)O)nc1N. The van der Waals surface area contributed by atoms with E-state index in [0.717, 1.165) is 0 Å². The van der Waals surface area contributed by atoms with Crippen molar-refractivity contribution in [3.05, 3.63) is 17.3 Å². The van der Waals surface area contributed by atoms with Gasteiger partial charge in [0.25, 0.3) is 0 Å². The zero-order valence-corrected chi connectivity index (χ0v) is 8.28. The number of halogens is 3. The number of aromatic nitrogens is 1. The van der Waals surface area contributed by atoms with Crippen molar-refractivity contribution in [2.24, 2.45) is 5.73 Å². The number of carboxylic acid groups (broad SMARTS) is 1. The molecule has 94 valence electrons. The van der Waals surface area contributed by atoms with Crippen LogP contribution in [-0.2, 0) is 6.54 Å². The van der Waals surface area contributed by atoms with E-state index in [0.29, 0.717) is 6.07 Å². The zero-order chi connectivity index (χ0) is 13.2. The number of nitrogens with two attached hydrogens (primary N) is 2. The first-order valence-corrected chi connectivity index (χ1v) is 4.23. The topological polar surface area (TPSA) is 111 Å². The summed E-state index contributed by atoms with van der Waals surface area (Å²) in [6.45, 7) is -0.357. The van der Waals surface area contributed by atoms with Crippen molar-refractivity contribution >= 4 is 11.8 Å². The first kappa shape index (κ1) is 13.0. The Morgan fingerprint density at radius 2 is 2.12 bits per heavy atom. The molecule has 0 spiro atoms. The summed E-state index contributed by atoms with van der Waals surface area (Å²) in [6, 6.07) is 0.619. The molecule has 0 aliphatic carbocycles. The number of nitrogen functional groups attached to an aromatic ring is 1. The minimum Gasteiger partial charge on any atom is -0.477 e. The maximum atomic E-state index is 12.1. The molecule has 0 bridgehead atoms. The average Bonchev–Trinajstić information content (AvgIpc) is 2.14. The number of anilines is 1. The van der Waals surface area contributed by atoms with Crippen molar-refractivity contribution in [3.63, 3.8) is 0 Å². The van der Waals surface area contributed by atoms with Gasteiger partial charge in [-0.2, -0.15) is 0 Å². The highest BCUT2D eigenvalue weighted by molar-refractivity contribution is 5.86. The monoisotopic (exact) mass is 251 g/mol. The van der Waals surface area contributed by atoms with Crippen molar-refractivity contribution in [2.75, 3.05) is 5.73 Å². The number of hydrogen-bond acceptors (Lipinski definition) is 5. The standard InChI is InChI=1S/C8H8F3N3O3/c9-8(10,11)17-5-1-4(7(15)16)14-6(13)3(5)2-12/h1H,2,12H2,(H2,13,14)(H,15,16). The second-order valence-electron chi connectivity index (χ2n) is 2.93. The molecular weight excluding hydrogens is 243 g/mol. The van der Waals surface area contributed by atoms with Gasteiger partial charge in [0.2, 0.25) is 0 Å². The van der Waals surface area contributed by atoms with E-state index in [4.69, 9.17) is 16.6 Å². The largest absolute Gasteiger partial charge is 0.573 e. The van der Waals surface area contributed by atoms with E-state index in [2.05, 4.69) is 9.72 Å². The number of pyridine rings is 1. The predicted octanol–water partition coefficient (Wildman–Crippen LogP) is 0.719. The quantitative estimate of drug-likeness (QED) is 0.729. The van der Waals surface area contributed by atoms with Crippen LogP contribution < -0.4 is 16.2 Å². The third-order valence-corrected chi connectivity index (χ3v) is 1.76. The Morgan fingerprint density at radius 3 is 2.53 bits per heavy atom. The lowest BCUT2D eigenvalue weighted by atomic mass is 10.2. The Hall–Kier alpha value is -2.03. The summed E-state index contributed by atoms with van der Waals surface area (Å²) in [5.41, 5.74) is 9.61. The van der Waals surface area contributed by atoms with Crippen molar-refractivity contribution in [2.45, 2.75) is 12.9 Å². The molecule has 0 fully saturated rings. The van der Waals surface area contributed by atoms with E-state index in [-0.39, 0.29) is 12.1 Å². The van der Waals surface area contributed by atoms with Crippen LogP contribution in [-0.4, -0.2) is 22.4 Å². The fourth-order valence-corrected chi connectivity index (χ4v) is 1.10. The second kappa shape index (κ2) is 4.45. The third kappa shape index (κ3) is 3.21. The molecule has 0 aromatic carbocycles. The van der Waals surface area contributed by atoms with E-state index in [9.17, 15) is 18.0 Å². The van der Waals surface area contributed by atoms with E-state index in [1.807, 2.05) is 0 Å². The molecule has 0 unspecified atom stereocenters. The Bertz CT molecular complexity index is 448. The van der Waals surface area contributed by atoms with Crippen LogP contribution in [0.25, 0.3) is 0 Å². The number of aromatic carboxylic acids is 1. The van der Waals surface area contributed by atoms with Crippen molar-refractivity contribution in [1.29, 1.82) is 0 Å². The summed E-state index contributed by atoms with van der Waals surface area (Å²) >= 11 is 0. The lowest BCUT2D eigenvalue weighted by Gasteiger charge is -2.14. The van der Waals surface area contributed by atoms with Crippen LogP contribution >= 0.6 is 0 Å². The molecule has 1 aromatic heterocycles. The molecule has 0 atom stereocenters. The first-order valence-electron chi connectivity index (χ1n) is 4.23. The maximum Gasteiger partial charge on any atom is 0.573 e. The second-order valence-corrected chi connectivity index (χ2v) is 2.93. The smallest absolute Gasteiger partial charge is 0.477 e. The number of carbonyl (C=O) groups is 1. The van der Waals surface area contributed by atoms with E-state index in [1.54, 1.807) is 0 Å². The third-order valence-electron chi connectivity index (χ3n) is 1.76. The molecular formula is C8H8F3N3O3. The molecule has 17 heavy (non-hydrogen) atoms. The summed E-state index contributed by atoms with van der Waals surface area (Å²) in [6.07, 6.45) is -4.96. The lowest BCUT2D eigenvalue weighted by Crippen LogP contribution is -2.20. The van der Waals surface area contributed by atoms with Crippen molar-refractivity contribution in [1.82, 2.24) is 4.98 Å². The van der Waals surface area contributed by atoms with Gasteiger partial charge in [0.1, 0.15) is 11.6 Å². The number of carboxylic acids is 1. The van der Waals surface area contributed by atoms with Crippen LogP contribution in [0.2, 0.25) is 0 Å². The molecule has 6 nitrogen and oxygen atoms in total. The molecule has 0 saturated carbocycles. The minimum absolute atomic E-state index is 0.202. The molecule has 1 rings (SSSR count). The van der Waals surface area contributed by atoms with Crippen LogP contribution in [0, 0.1) is 0 Å². The normalized spacial score (nSPS) is 11.3. The van der Waals surface area contributed by atoms with Gasteiger partial charge < -0.3 is 21.3 Å². The van der Waals surface area contributed by atoms with Crippen LogP contribution in [0.5, 0.6) is 5.75 Å². The van der Waals surface area contributed by atoms with Crippen LogP contribution in [0.15, 0.2) is 6.07 Å². The Labute approximate surface area is 93.0 Å². The molecule has 1 aromatic rings. The minimum atomic E-state index is -4.96. The van der Waals surface area contributed by atoms with E-state index >= 15 is 0 Å². The highest BCUT2D eigenvalue weighted by atomic mass is 19.4. The summed E-state index contributed by atoms with van der Waals surface area (Å²) < 4.78 is 39.8. The molecule has 1 heterocycles. The van der Waals surface area contributed by atoms with Crippen molar-refractivity contribution < 1.29 is 27.8 Å².